The first-order valence-electron chi connectivity index (χ1n) is 6.66. The second kappa shape index (κ2) is 7.97. The molecule has 0 aromatic heterocycles. The Hall–Kier alpha value is -0.0800. The van der Waals surface area contributed by atoms with Gasteiger partial charge in [0.2, 0.25) is 10.0 Å². The Kier molecular flexibility index (Phi) is 7.19. The van der Waals surface area contributed by atoms with E-state index in [4.69, 9.17) is 0 Å². The molecule has 7 heteroatoms. The molecule has 0 saturated carbocycles. The van der Waals surface area contributed by atoms with Gasteiger partial charge >= 0.3 is 0 Å². The fourth-order valence-electron chi connectivity index (χ4n) is 2.11. The number of aliphatic hydroxyl groups is 1. The van der Waals surface area contributed by atoms with Crippen molar-refractivity contribution in [3.8, 4) is 0 Å². The SMILES string of the molecule is CCC(CSC)N(C)S(=O)(=O)c1cc(CO)cc(C)c1Br. The lowest BCUT2D eigenvalue weighted by atomic mass is 10.1. The number of rotatable bonds is 7. The maximum absolute atomic E-state index is 12.9. The lowest BCUT2D eigenvalue weighted by Crippen LogP contribution is -2.38. The number of aliphatic hydroxyl groups excluding tert-OH is 1. The van der Waals surface area contributed by atoms with Crippen molar-refractivity contribution in [2.24, 2.45) is 0 Å². The summed E-state index contributed by atoms with van der Waals surface area (Å²) in [5.74, 6) is 0.753. The third kappa shape index (κ3) is 4.22. The summed E-state index contributed by atoms with van der Waals surface area (Å²) in [6.07, 6.45) is 2.72. The molecule has 0 amide bonds. The summed E-state index contributed by atoms with van der Waals surface area (Å²) in [5, 5.41) is 9.29. The van der Waals surface area contributed by atoms with Crippen molar-refractivity contribution in [1.29, 1.82) is 0 Å². The topological polar surface area (TPSA) is 57.6 Å². The van der Waals surface area contributed by atoms with Crippen LogP contribution in [0.4, 0.5) is 0 Å². The molecule has 0 fully saturated rings. The van der Waals surface area contributed by atoms with E-state index in [0.717, 1.165) is 17.7 Å². The van der Waals surface area contributed by atoms with E-state index in [-0.39, 0.29) is 17.5 Å². The van der Waals surface area contributed by atoms with Crippen LogP contribution in [-0.2, 0) is 16.6 Å². The van der Waals surface area contributed by atoms with Gasteiger partial charge in [0.05, 0.1) is 11.5 Å². The molecule has 0 radical (unpaired) electrons. The largest absolute Gasteiger partial charge is 0.392 e. The second-order valence-electron chi connectivity index (χ2n) is 4.92. The van der Waals surface area contributed by atoms with E-state index >= 15 is 0 Å². The first kappa shape index (κ1) is 19.0. The minimum absolute atomic E-state index is 0.0463. The van der Waals surface area contributed by atoms with Gasteiger partial charge in [0.1, 0.15) is 0 Å². The summed E-state index contributed by atoms with van der Waals surface area (Å²) < 4.78 is 27.7. The summed E-state index contributed by atoms with van der Waals surface area (Å²) in [6.45, 7) is 3.63. The molecule has 0 aliphatic heterocycles. The van der Waals surface area contributed by atoms with Crippen molar-refractivity contribution in [3.63, 3.8) is 0 Å². The van der Waals surface area contributed by atoms with Crippen LogP contribution in [0.25, 0.3) is 0 Å². The molecule has 1 N–H and O–H groups in total. The summed E-state index contributed by atoms with van der Waals surface area (Å²) in [4.78, 5) is 0.216. The maximum atomic E-state index is 12.9. The average molecular weight is 396 g/mol. The van der Waals surface area contributed by atoms with E-state index in [2.05, 4.69) is 15.9 Å². The van der Waals surface area contributed by atoms with Crippen molar-refractivity contribution < 1.29 is 13.5 Å². The highest BCUT2D eigenvalue weighted by molar-refractivity contribution is 9.10. The number of halogens is 1. The fourth-order valence-corrected chi connectivity index (χ4v) is 5.51. The summed E-state index contributed by atoms with van der Waals surface area (Å²) in [6, 6.07) is 3.27. The van der Waals surface area contributed by atoms with Crippen LogP contribution in [0.15, 0.2) is 21.5 Å². The van der Waals surface area contributed by atoms with E-state index in [1.54, 1.807) is 24.9 Å². The molecule has 0 bridgehead atoms. The lowest BCUT2D eigenvalue weighted by molar-refractivity contribution is 0.281. The number of sulfonamides is 1. The van der Waals surface area contributed by atoms with Gasteiger partial charge < -0.3 is 5.11 Å². The zero-order valence-corrected chi connectivity index (χ0v) is 16.0. The maximum Gasteiger partial charge on any atom is 0.244 e. The molecule has 4 nitrogen and oxygen atoms in total. The molecular weight excluding hydrogens is 374 g/mol. The van der Waals surface area contributed by atoms with E-state index in [0.29, 0.717) is 10.0 Å². The standard InChI is InChI=1S/C14H22BrNO3S2/c1-5-12(9-20-4)16(3)21(18,19)13-7-11(8-17)6-10(2)14(13)15/h6-7,12,17H,5,8-9H2,1-4H3. The molecule has 1 rings (SSSR count). The molecular formula is C14H22BrNO3S2. The lowest BCUT2D eigenvalue weighted by Gasteiger charge is -2.27. The van der Waals surface area contributed by atoms with Crippen LogP contribution in [0.3, 0.4) is 0 Å². The van der Waals surface area contributed by atoms with E-state index in [1.807, 2.05) is 20.1 Å². The molecule has 1 aromatic rings. The van der Waals surface area contributed by atoms with Crippen LogP contribution >= 0.6 is 27.7 Å². The van der Waals surface area contributed by atoms with Crippen LogP contribution in [-0.4, -0.2) is 42.9 Å². The minimum Gasteiger partial charge on any atom is -0.392 e. The van der Waals surface area contributed by atoms with Gasteiger partial charge in [-0.25, -0.2) is 8.42 Å². The fraction of sp³-hybridized carbons (Fsp3) is 0.571. The third-order valence-corrected chi connectivity index (χ3v) is 7.43. The number of hydrogen-bond donors (Lipinski definition) is 1. The van der Waals surface area contributed by atoms with Crippen molar-refractivity contribution >= 4 is 37.7 Å². The van der Waals surface area contributed by atoms with Crippen LogP contribution in [0.5, 0.6) is 0 Å². The van der Waals surface area contributed by atoms with Crippen LogP contribution < -0.4 is 0 Å². The first-order chi connectivity index (χ1) is 9.79. The van der Waals surface area contributed by atoms with Crippen LogP contribution in [0, 0.1) is 6.92 Å². The Morgan fingerprint density at radius 2 is 2.05 bits per heavy atom. The second-order valence-corrected chi connectivity index (χ2v) is 8.59. The summed E-state index contributed by atoms with van der Waals surface area (Å²) in [5.41, 5.74) is 1.40. The van der Waals surface area contributed by atoms with Crippen molar-refractivity contribution in [2.45, 2.75) is 37.8 Å². The molecule has 1 aromatic carbocycles. The summed E-state index contributed by atoms with van der Waals surface area (Å²) in [7, 11) is -1.98. The predicted octanol–water partition coefficient (Wildman–Crippen LogP) is 3.01. The summed E-state index contributed by atoms with van der Waals surface area (Å²) >= 11 is 5.00. The number of aryl methyl sites for hydroxylation is 1. The molecule has 0 spiro atoms. The van der Waals surface area contributed by atoms with Crippen molar-refractivity contribution in [3.05, 3.63) is 27.7 Å². The normalized spacial score (nSPS) is 13.7. The molecule has 0 aliphatic carbocycles. The van der Waals surface area contributed by atoms with E-state index in [9.17, 15) is 13.5 Å². The Morgan fingerprint density at radius 1 is 1.43 bits per heavy atom. The Morgan fingerprint density at radius 3 is 2.52 bits per heavy atom. The van der Waals surface area contributed by atoms with E-state index < -0.39 is 10.0 Å². The zero-order chi connectivity index (χ0) is 16.2. The number of thioether (sulfide) groups is 1. The number of nitrogens with zero attached hydrogens (tertiary/aromatic N) is 1. The molecule has 0 heterocycles. The zero-order valence-electron chi connectivity index (χ0n) is 12.8. The van der Waals surface area contributed by atoms with Crippen LogP contribution in [0.2, 0.25) is 0 Å². The van der Waals surface area contributed by atoms with Gasteiger partial charge in [0.25, 0.3) is 0 Å². The number of benzene rings is 1. The minimum atomic E-state index is -3.60. The highest BCUT2D eigenvalue weighted by Crippen LogP contribution is 2.30. The first-order valence-corrected chi connectivity index (χ1v) is 10.3. The molecule has 1 unspecified atom stereocenters. The Bertz CT molecular complexity index is 590. The van der Waals surface area contributed by atoms with Crippen molar-refractivity contribution in [2.75, 3.05) is 19.1 Å². The van der Waals surface area contributed by atoms with Gasteiger partial charge in [-0.3, -0.25) is 0 Å². The molecule has 120 valence electrons. The monoisotopic (exact) mass is 395 g/mol. The Labute approximate surface area is 140 Å². The average Bonchev–Trinajstić information content (AvgIpc) is 2.46. The van der Waals surface area contributed by atoms with Crippen molar-refractivity contribution in [1.82, 2.24) is 4.31 Å². The van der Waals surface area contributed by atoms with E-state index in [1.165, 1.54) is 10.4 Å². The van der Waals surface area contributed by atoms with Gasteiger partial charge in [-0.05, 0) is 52.7 Å². The Balaban J connectivity index is 3.33. The van der Waals surface area contributed by atoms with Crippen LogP contribution in [0.1, 0.15) is 24.5 Å². The van der Waals surface area contributed by atoms with Gasteiger partial charge in [-0.15, -0.1) is 0 Å². The third-order valence-electron chi connectivity index (χ3n) is 3.47. The molecule has 21 heavy (non-hydrogen) atoms. The molecule has 0 saturated heterocycles. The smallest absolute Gasteiger partial charge is 0.244 e. The van der Waals surface area contributed by atoms with Gasteiger partial charge in [-0.1, -0.05) is 13.0 Å². The van der Waals surface area contributed by atoms with Gasteiger partial charge in [0.15, 0.2) is 0 Å². The molecule has 0 aliphatic rings. The highest BCUT2D eigenvalue weighted by atomic mass is 79.9. The molecule has 1 atom stereocenters. The number of hydrogen-bond acceptors (Lipinski definition) is 4. The van der Waals surface area contributed by atoms with Gasteiger partial charge in [-0.2, -0.15) is 16.1 Å². The highest BCUT2D eigenvalue weighted by Gasteiger charge is 2.29. The predicted molar refractivity (Wildman–Crippen MR) is 92.2 cm³/mol. The quantitative estimate of drug-likeness (QED) is 0.770. The van der Waals surface area contributed by atoms with Gasteiger partial charge in [0, 0.05) is 23.3 Å².